The number of hydrogen-bond donors (Lipinski definition) is 1. The lowest BCUT2D eigenvalue weighted by molar-refractivity contribution is -0.121. The Morgan fingerprint density at radius 2 is 1.51 bits per heavy atom. The summed E-state index contributed by atoms with van der Waals surface area (Å²) in [6, 6.07) is 11.9. The van der Waals surface area contributed by atoms with Gasteiger partial charge in [0.15, 0.2) is 11.5 Å². The van der Waals surface area contributed by atoms with Crippen LogP contribution < -0.4 is 19.6 Å². The van der Waals surface area contributed by atoms with E-state index in [1.54, 1.807) is 48.7 Å². The summed E-state index contributed by atoms with van der Waals surface area (Å²) < 4.78 is 16.6. The van der Waals surface area contributed by atoms with Gasteiger partial charge in [-0.1, -0.05) is 45.4 Å². The summed E-state index contributed by atoms with van der Waals surface area (Å²) in [7, 11) is 0. The van der Waals surface area contributed by atoms with Crippen LogP contribution in [0.3, 0.4) is 0 Å². The highest BCUT2D eigenvalue weighted by molar-refractivity contribution is 5.91. The second kappa shape index (κ2) is 16.3. The highest BCUT2D eigenvalue weighted by Crippen LogP contribution is 2.29. The van der Waals surface area contributed by atoms with Gasteiger partial charge in [0.1, 0.15) is 5.75 Å². The number of hydrogen-bond acceptors (Lipinski definition) is 6. The van der Waals surface area contributed by atoms with Gasteiger partial charge < -0.3 is 14.2 Å². The number of hydrazone groups is 1. The molecule has 0 heterocycles. The van der Waals surface area contributed by atoms with Crippen molar-refractivity contribution in [1.29, 1.82) is 0 Å². The number of carbonyl (C=O) groups is 2. The van der Waals surface area contributed by atoms with Crippen LogP contribution in [0.2, 0.25) is 0 Å². The molecule has 0 aliphatic carbocycles. The molecule has 0 aliphatic heterocycles. The summed E-state index contributed by atoms with van der Waals surface area (Å²) in [5.74, 6) is 0.835. The SMILES string of the molecule is CCCCCCCCCC(=O)N/N=C\c1ccc(OC(=O)c2ccc(OCC)cc2)c(OCC)c1. The second-order valence-corrected chi connectivity index (χ2v) is 8.15. The largest absolute Gasteiger partial charge is 0.494 e. The number of nitrogens with one attached hydrogen (secondary N) is 1. The van der Waals surface area contributed by atoms with Gasteiger partial charge >= 0.3 is 5.97 Å². The van der Waals surface area contributed by atoms with E-state index < -0.39 is 5.97 Å². The molecule has 0 unspecified atom stereocenters. The van der Waals surface area contributed by atoms with E-state index in [1.165, 1.54) is 32.1 Å². The zero-order valence-electron chi connectivity index (χ0n) is 21.2. The molecule has 0 aliphatic rings. The lowest BCUT2D eigenvalue weighted by atomic mass is 10.1. The van der Waals surface area contributed by atoms with Crippen molar-refractivity contribution in [1.82, 2.24) is 5.43 Å². The van der Waals surface area contributed by atoms with E-state index in [0.29, 0.717) is 48.0 Å². The van der Waals surface area contributed by atoms with Gasteiger partial charge in [0.05, 0.1) is 25.0 Å². The zero-order chi connectivity index (χ0) is 25.3. The van der Waals surface area contributed by atoms with Gasteiger partial charge in [0.2, 0.25) is 5.91 Å². The topological polar surface area (TPSA) is 86.2 Å². The van der Waals surface area contributed by atoms with E-state index in [4.69, 9.17) is 14.2 Å². The van der Waals surface area contributed by atoms with Crippen molar-refractivity contribution in [2.45, 2.75) is 72.1 Å². The predicted octanol–water partition coefficient (Wildman–Crippen LogP) is 6.29. The molecule has 0 aromatic heterocycles. The van der Waals surface area contributed by atoms with Crippen LogP contribution in [-0.4, -0.2) is 31.3 Å². The van der Waals surface area contributed by atoms with Crippen LogP contribution in [0.4, 0.5) is 0 Å². The quantitative estimate of drug-likeness (QED) is 0.0998. The molecule has 2 aromatic carbocycles. The standard InChI is InChI=1S/C28H38N2O5/c1-4-7-8-9-10-11-12-13-27(31)30-29-21-22-14-19-25(26(20-22)34-6-3)35-28(32)23-15-17-24(18-16-23)33-5-2/h14-21H,4-13H2,1-3H3,(H,30,31)/b29-21-. The van der Waals surface area contributed by atoms with Crippen molar-refractivity contribution in [3.05, 3.63) is 53.6 Å². The minimum Gasteiger partial charge on any atom is -0.494 e. The molecule has 190 valence electrons. The van der Waals surface area contributed by atoms with E-state index in [2.05, 4.69) is 17.5 Å². The van der Waals surface area contributed by atoms with Gasteiger partial charge in [-0.3, -0.25) is 4.79 Å². The van der Waals surface area contributed by atoms with E-state index in [1.807, 2.05) is 13.8 Å². The van der Waals surface area contributed by atoms with Crippen LogP contribution in [-0.2, 0) is 4.79 Å². The molecule has 0 atom stereocenters. The Balaban J connectivity index is 1.87. The summed E-state index contributed by atoms with van der Waals surface area (Å²) in [6.45, 7) is 6.92. The first kappa shape index (κ1) is 27.9. The molecule has 7 nitrogen and oxygen atoms in total. The molecule has 0 radical (unpaired) electrons. The molecule has 2 aromatic rings. The summed E-state index contributed by atoms with van der Waals surface area (Å²) in [4.78, 5) is 24.5. The monoisotopic (exact) mass is 482 g/mol. The summed E-state index contributed by atoms with van der Waals surface area (Å²) in [6.07, 6.45) is 10.2. The molecule has 7 heteroatoms. The Labute approximate surface area is 208 Å². The first-order valence-corrected chi connectivity index (χ1v) is 12.6. The molecule has 0 fully saturated rings. The van der Waals surface area contributed by atoms with Crippen molar-refractivity contribution < 1.29 is 23.8 Å². The normalized spacial score (nSPS) is 10.8. The number of unbranched alkanes of at least 4 members (excludes halogenated alkanes) is 6. The number of ether oxygens (including phenoxy) is 3. The number of esters is 1. The van der Waals surface area contributed by atoms with Crippen molar-refractivity contribution in [3.8, 4) is 17.2 Å². The molecule has 0 spiro atoms. The first-order valence-electron chi connectivity index (χ1n) is 12.6. The third-order valence-corrected chi connectivity index (χ3v) is 5.28. The van der Waals surface area contributed by atoms with Gasteiger partial charge in [-0.2, -0.15) is 5.10 Å². The van der Waals surface area contributed by atoms with Crippen LogP contribution in [0.5, 0.6) is 17.2 Å². The van der Waals surface area contributed by atoms with Gasteiger partial charge in [-0.25, -0.2) is 10.2 Å². The van der Waals surface area contributed by atoms with Crippen LogP contribution >= 0.6 is 0 Å². The van der Waals surface area contributed by atoms with Gasteiger partial charge in [0, 0.05) is 6.42 Å². The molecular formula is C28H38N2O5. The number of nitrogens with zero attached hydrogens (tertiary/aromatic N) is 1. The third kappa shape index (κ3) is 10.6. The van der Waals surface area contributed by atoms with Crippen LogP contribution in [0.1, 0.15) is 88.1 Å². The zero-order valence-corrected chi connectivity index (χ0v) is 21.2. The maximum Gasteiger partial charge on any atom is 0.343 e. The third-order valence-electron chi connectivity index (χ3n) is 5.28. The minimum absolute atomic E-state index is 0.0965. The Morgan fingerprint density at radius 1 is 0.829 bits per heavy atom. The molecule has 1 amide bonds. The Kier molecular flexibility index (Phi) is 13.0. The fourth-order valence-electron chi connectivity index (χ4n) is 3.45. The number of benzene rings is 2. The average Bonchev–Trinajstić information content (AvgIpc) is 2.86. The first-order chi connectivity index (χ1) is 17.1. The molecule has 2 rings (SSSR count). The van der Waals surface area contributed by atoms with E-state index >= 15 is 0 Å². The Hall–Kier alpha value is -3.35. The van der Waals surface area contributed by atoms with Crippen LogP contribution in [0, 0.1) is 0 Å². The summed E-state index contributed by atoms with van der Waals surface area (Å²) in [5.41, 5.74) is 3.69. The molecular weight excluding hydrogens is 444 g/mol. The van der Waals surface area contributed by atoms with Gasteiger partial charge in [0.25, 0.3) is 0 Å². The lowest BCUT2D eigenvalue weighted by Gasteiger charge is -2.11. The van der Waals surface area contributed by atoms with Gasteiger partial charge in [-0.15, -0.1) is 0 Å². The smallest absolute Gasteiger partial charge is 0.343 e. The average molecular weight is 483 g/mol. The fraction of sp³-hybridized carbons (Fsp3) is 0.464. The maximum absolute atomic E-state index is 12.6. The molecule has 0 bridgehead atoms. The fourth-order valence-corrected chi connectivity index (χ4v) is 3.45. The van der Waals surface area contributed by atoms with Crippen molar-refractivity contribution in [2.75, 3.05) is 13.2 Å². The maximum atomic E-state index is 12.6. The number of amides is 1. The molecule has 0 saturated heterocycles. The minimum atomic E-state index is -0.493. The van der Waals surface area contributed by atoms with E-state index in [9.17, 15) is 9.59 Å². The molecule has 1 N–H and O–H groups in total. The Bertz CT molecular complexity index is 941. The van der Waals surface area contributed by atoms with Crippen molar-refractivity contribution >= 4 is 18.1 Å². The predicted molar refractivity (Wildman–Crippen MR) is 139 cm³/mol. The number of carbonyl (C=O) groups excluding carboxylic acids is 2. The molecule has 0 saturated carbocycles. The Morgan fingerprint density at radius 3 is 2.20 bits per heavy atom. The molecule has 35 heavy (non-hydrogen) atoms. The second-order valence-electron chi connectivity index (χ2n) is 8.15. The highest BCUT2D eigenvalue weighted by atomic mass is 16.6. The van der Waals surface area contributed by atoms with E-state index in [0.717, 1.165) is 12.8 Å². The summed E-state index contributed by atoms with van der Waals surface area (Å²) in [5, 5.41) is 4.04. The number of rotatable bonds is 16. The van der Waals surface area contributed by atoms with Crippen molar-refractivity contribution in [3.63, 3.8) is 0 Å². The van der Waals surface area contributed by atoms with Crippen molar-refractivity contribution in [2.24, 2.45) is 5.10 Å². The summed E-state index contributed by atoms with van der Waals surface area (Å²) >= 11 is 0. The van der Waals surface area contributed by atoms with E-state index in [-0.39, 0.29) is 5.91 Å². The van der Waals surface area contributed by atoms with Gasteiger partial charge in [-0.05, 0) is 68.3 Å². The van der Waals surface area contributed by atoms with Crippen LogP contribution in [0.25, 0.3) is 0 Å². The highest BCUT2D eigenvalue weighted by Gasteiger charge is 2.13. The lowest BCUT2D eigenvalue weighted by Crippen LogP contribution is -2.16. The van der Waals surface area contributed by atoms with Crippen LogP contribution in [0.15, 0.2) is 47.6 Å².